The SMILES string of the molecule is CCn1nc(CN)nc1C. The molecule has 4 heteroatoms. The predicted molar refractivity (Wildman–Crippen MR) is 38.3 cm³/mol. The molecule has 0 radical (unpaired) electrons. The van der Waals surface area contributed by atoms with E-state index in [4.69, 9.17) is 5.73 Å². The molecule has 56 valence electrons. The molecule has 1 aromatic heterocycles. The van der Waals surface area contributed by atoms with Crippen LogP contribution in [0.15, 0.2) is 0 Å². The van der Waals surface area contributed by atoms with Gasteiger partial charge in [-0.3, -0.25) is 4.68 Å². The Balaban J connectivity index is 2.92. The lowest BCUT2D eigenvalue weighted by atomic mass is 10.6. The summed E-state index contributed by atoms with van der Waals surface area (Å²) >= 11 is 0. The lowest BCUT2D eigenvalue weighted by Gasteiger charge is -1.93. The second kappa shape index (κ2) is 2.79. The van der Waals surface area contributed by atoms with Crippen LogP contribution in [0.4, 0.5) is 0 Å². The van der Waals surface area contributed by atoms with E-state index >= 15 is 0 Å². The molecule has 4 nitrogen and oxygen atoms in total. The highest BCUT2D eigenvalue weighted by Gasteiger charge is 2.00. The van der Waals surface area contributed by atoms with Gasteiger partial charge in [0.05, 0.1) is 6.54 Å². The second-order valence-electron chi connectivity index (χ2n) is 2.10. The van der Waals surface area contributed by atoms with Crippen molar-refractivity contribution in [2.45, 2.75) is 26.9 Å². The van der Waals surface area contributed by atoms with Gasteiger partial charge in [-0.05, 0) is 13.8 Å². The fourth-order valence-corrected chi connectivity index (χ4v) is 0.865. The van der Waals surface area contributed by atoms with Gasteiger partial charge in [-0.2, -0.15) is 5.10 Å². The van der Waals surface area contributed by atoms with Crippen molar-refractivity contribution in [3.05, 3.63) is 11.6 Å². The summed E-state index contributed by atoms with van der Waals surface area (Å²) in [6.45, 7) is 5.24. The molecule has 0 amide bonds. The number of hydrogen-bond acceptors (Lipinski definition) is 3. The monoisotopic (exact) mass is 140 g/mol. The summed E-state index contributed by atoms with van der Waals surface area (Å²) in [5.74, 6) is 1.65. The zero-order valence-corrected chi connectivity index (χ0v) is 6.33. The van der Waals surface area contributed by atoms with E-state index in [1.807, 2.05) is 18.5 Å². The third-order valence-electron chi connectivity index (χ3n) is 1.38. The first kappa shape index (κ1) is 7.21. The standard InChI is InChI=1S/C6H12N4/c1-3-10-5(2)8-6(4-7)9-10/h3-4,7H2,1-2H3. The average Bonchev–Trinajstić information content (AvgIpc) is 2.30. The number of nitrogens with two attached hydrogens (primary N) is 1. The highest BCUT2D eigenvalue weighted by atomic mass is 15.3. The van der Waals surface area contributed by atoms with Crippen molar-refractivity contribution in [2.75, 3.05) is 0 Å². The van der Waals surface area contributed by atoms with Gasteiger partial charge in [0.1, 0.15) is 5.82 Å². The quantitative estimate of drug-likeness (QED) is 0.632. The van der Waals surface area contributed by atoms with Crippen LogP contribution < -0.4 is 5.73 Å². The number of nitrogens with zero attached hydrogens (tertiary/aromatic N) is 3. The molecule has 0 saturated carbocycles. The molecule has 10 heavy (non-hydrogen) atoms. The maximum Gasteiger partial charge on any atom is 0.164 e. The van der Waals surface area contributed by atoms with Crippen molar-refractivity contribution in [1.29, 1.82) is 0 Å². The first-order valence-electron chi connectivity index (χ1n) is 3.38. The van der Waals surface area contributed by atoms with Crippen LogP contribution in [0.2, 0.25) is 0 Å². The van der Waals surface area contributed by atoms with Crippen LogP contribution in [0.1, 0.15) is 18.6 Å². The molecule has 0 fully saturated rings. The molecule has 1 rings (SSSR count). The number of hydrogen-bond donors (Lipinski definition) is 1. The highest BCUT2D eigenvalue weighted by Crippen LogP contribution is 1.94. The summed E-state index contributed by atoms with van der Waals surface area (Å²) in [6.07, 6.45) is 0. The third-order valence-corrected chi connectivity index (χ3v) is 1.38. The van der Waals surface area contributed by atoms with E-state index in [-0.39, 0.29) is 0 Å². The smallest absolute Gasteiger partial charge is 0.164 e. The minimum atomic E-state index is 0.424. The van der Waals surface area contributed by atoms with Crippen molar-refractivity contribution in [3.63, 3.8) is 0 Å². The van der Waals surface area contributed by atoms with Crippen LogP contribution in [-0.4, -0.2) is 14.8 Å². The molecule has 0 aliphatic rings. The molecular weight excluding hydrogens is 128 g/mol. The van der Waals surface area contributed by atoms with Gasteiger partial charge < -0.3 is 5.73 Å². The normalized spacial score (nSPS) is 10.3. The molecule has 0 saturated heterocycles. The summed E-state index contributed by atoms with van der Waals surface area (Å²) in [5, 5.41) is 4.13. The Kier molecular flexibility index (Phi) is 2.01. The Hall–Kier alpha value is -0.900. The first-order valence-corrected chi connectivity index (χ1v) is 3.38. The van der Waals surface area contributed by atoms with Gasteiger partial charge in [-0.1, -0.05) is 0 Å². The van der Waals surface area contributed by atoms with Crippen molar-refractivity contribution >= 4 is 0 Å². The van der Waals surface area contributed by atoms with Crippen LogP contribution >= 0.6 is 0 Å². The highest BCUT2D eigenvalue weighted by molar-refractivity contribution is 4.89. The Morgan fingerprint density at radius 1 is 1.60 bits per heavy atom. The molecule has 0 unspecified atom stereocenters. The van der Waals surface area contributed by atoms with Crippen LogP contribution in [0, 0.1) is 6.92 Å². The van der Waals surface area contributed by atoms with Crippen LogP contribution in [0.3, 0.4) is 0 Å². The zero-order valence-electron chi connectivity index (χ0n) is 6.33. The molecule has 2 N–H and O–H groups in total. The Labute approximate surface area is 60.1 Å². The molecule has 0 spiro atoms. The first-order chi connectivity index (χ1) is 4.77. The predicted octanol–water partition coefficient (Wildman–Crippen LogP) is 0.0651. The lowest BCUT2D eigenvalue weighted by Crippen LogP contribution is -2.01. The second-order valence-corrected chi connectivity index (χ2v) is 2.10. The van der Waals surface area contributed by atoms with E-state index in [1.54, 1.807) is 0 Å². The molecular formula is C6H12N4. The average molecular weight is 140 g/mol. The molecule has 0 aromatic carbocycles. The van der Waals surface area contributed by atoms with Gasteiger partial charge >= 0.3 is 0 Å². The molecule has 1 heterocycles. The number of aromatic nitrogens is 3. The largest absolute Gasteiger partial charge is 0.324 e. The number of aryl methyl sites for hydroxylation is 2. The minimum absolute atomic E-state index is 0.424. The summed E-state index contributed by atoms with van der Waals surface area (Å²) in [7, 11) is 0. The van der Waals surface area contributed by atoms with Crippen molar-refractivity contribution < 1.29 is 0 Å². The van der Waals surface area contributed by atoms with Crippen LogP contribution in [0.5, 0.6) is 0 Å². The summed E-state index contributed by atoms with van der Waals surface area (Å²) in [5.41, 5.74) is 5.35. The number of rotatable bonds is 2. The van der Waals surface area contributed by atoms with Gasteiger partial charge in [-0.15, -0.1) is 0 Å². The van der Waals surface area contributed by atoms with Crippen LogP contribution in [-0.2, 0) is 13.1 Å². The summed E-state index contributed by atoms with van der Waals surface area (Å²) in [6, 6.07) is 0. The van der Waals surface area contributed by atoms with E-state index in [2.05, 4.69) is 10.1 Å². The van der Waals surface area contributed by atoms with Gasteiger partial charge in [0.15, 0.2) is 5.82 Å². The van der Waals surface area contributed by atoms with Crippen molar-refractivity contribution in [3.8, 4) is 0 Å². The van der Waals surface area contributed by atoms with E-state index < -0.39 is 0 Å². The zero-order chi connectivity index (χ0) is 7.56. The summed E-state index contributed by atoms with van der Waals surface area (Å²) < 4.78 is 1.84. The Morgan fingerprint density at radius 3 is 2.60 bits per heavy atom. The van der Waals surface area contributed by atoms with Crippen molar-refractivity contribution in [2.24, 2.45) is 5.73 Å². The van der Waals surface area contributed by atoms with E-state index in [0.717, 1.165) is 18.2 Å². The maximum absolute atomic E-state index is 5.35. The topological polar surface area (TPSA) is 56.7 Å². The lowest BCUT2D eigenvalue weighted by molar-refractivity contribution is 0.627. The van der Waals surface area contributed by atoms with E-state index in [0.29, 0.717) is 6.54 Å². The third kappa shape index (κ3) is 1.16. The summed E-state index contributed by atoms with van der Waals surface area (Å²) in [4.78, 5) is 4.13. The Morgan fingerprint density at radius 2 is 2.30 bits per heavy atom. The fraction of sp³-hybridized carbons (Fsp3) is 0.667. The minimum Gasteiger partial charge on any atom is -0.324 e. The molecule has 0 aliphatic carbocycles. The molecule has 1 aromatic rings. The Bertz CT molecular complexity index is 216. The van der Waals surface area contributed by atoms with Gasteiger partial charge in [0, 0.05) is 6.54 Å². The molecule has 0 bridgehead atoms. The van der Waals surface area contributed by atoms with Crippen molar-refractivity contribution in [1.82, 2.24) is 14.8 Å². The van der Waals surface area contributed by atoms with Gasteiger partial charge in [0.2, 0.25) is 0 Å². The van der Waals surface area contributed by atoms with Gasteiger partial charge in [0.25, 0.3) is 0 Å². The van der Waals surface area contributed by atoms with E-state index in [1.165, 1.54) is 0 Å². The van der Waals surface area contributed by atoms with E-state index in [9.17, 15) is 0 Å². The van der Waals surface area contributed by atoms with Crippen LogP contribution in [0.25, 0.3) is 0 Å². The maximum atomic E-state index is 5.35. The fourth-order valence-electron chi connectivity index (χ4n) is 0.865. The van der Waals surface area contributed by atoms with Gasteiger partial charge in [-0.25, -0.2) is 4.98 Å². The molecule has 0 atom stereocenters. The molecule has 0 aliphatic heterocycles.